The normalized spacial score (nSPS) is 10.5. The lowest BCUT2D eigenvalue weighted by Gasteiger charge is -2.10. The van der Waals surface area contributed by atoms with Gasteiger partial charge in [0.25, 0.3) is 5.91 Å². The predicted octanol–water partition coefficient (Wildman–Crippen LogP) is 5.59. The Morgan fingerprint density at radius 2 is 1.77 bits per heavy atom. The molecular weight excluding hydrogens is 379 g/mol. The fraction of sp³-hybridized carbons (Fsp3) is 0.0417. The van der Waals surface area contributed by atoms with Gasteiger partial charge in [0.05, 0.1) is 0 Å². The van der Waals surface area contributed by atoms with Gasteiger partial charge < -0.3 is 10.6 Å². The summed E-state index contributed by atoms with van der Waals surface area (Å²) in [6, 6.07) is 22.6. The molecule has 4 aromatic rings. The number of nitrogens with zero attached hydrogens (tertiary/aromatic N) is 2. The van der Waals surface area contributed by atoms with E-state index >= 15 is 0 Å². The van der Waals surface area contributed by atoms with E-state index in [4.69, 9.17) is 0 Å². The fourth-order valence-corrected chi connectivity index (χ4v) is 2.99. The maximum atomic E-state index is 13.5. The molecule has 0 aliphatic heterocycles. The summed E-state index contributed by atoms with van der Waals surface area (Å²) in [4.78, 5) is 21.3. The first-order chi connectivity index (χ1) is 14.6. The van der Waals surface area contributed by atoms with Gasteiger partial charge in [-0.1, -0.05) is 36.4 Å². The standard InChI is InChI=1S/C24H19FN4O/c1-16-6-2-3-11-21(16)28-24(30)18-8-5-10-20(15-18)27-22-12-13-26-23(29-22)17-7-4-9-19(25)14-17/h2-15H,1H3,(H,28,30)(H,26,27,29). The molecule has 0 spiro atoms. The van der Waals surface area contributed by atoms with Gasteiger partial charge in [0.15, 0.2) is 5.82 Å². The third-order valence-electron chi connectivity index (χ3n) is 4.53. The highest BCUT2D eigenvalue weighted by Gasteiger charge is 2.09. The van der Waals surface area contributed by atoms with Gasteiger partial charge in [-0.05, 0) is 55.0 Å². The van der Waals surface area contributed by atoms with Crippen molar-refractivity contribution in [1.29, 1.82) is 0 Å². The van der Waals surface area contributed by atoms with E-state index in [9.17, 15) is 9.18 Å². The molecule has 0 aliphatic carbocycles. The number of para-hydroxylation sites is 1. The van der Waals surface area contributed by atoms with Crippen LogP contribution in [-0.4, -0.2) is 15.9 Å². The van der Waals surface area contributed by atoms with Crippen LogP contribution in [-0.2, 0) is 0 Å². The van der Waals surface area contributed by atoms with E-state index < -0.39 is 0 Å². The van der Waals surface area contributed by atoms with Gasteiger partial charge >= 0.3 is 0 Å². The highest BCUT2D eigenvalue weighted by Crippen LogP contribution is 2.21. The molecular formula is C24H19FN4O. The van der Waals surface area contributed by atoms with Crippen LogP contribution in [0.1, 0.15) is 15.9 Å². The van der Waals surface area contributed by atoms with Crippen molar-refractivity contribution in [3.63, 3.8) is 0 Å². The average molecular weight is 398 g/mol. The molecule has 0 bridgehead atoms. The Hall–Kier alpha value is -4.06. The number of aromatic nitrogens is 2. The van der Waals surface area contributed by atoms with Crippen LogP contribution in [0.4, 0.5) is 21.6 Å². The van der Waals surface area contributed by atoms with E-state index in [0.717, 1.165) is 11.3 Å². The molecule has 4 rings (SSSR count). The summed E-state index contributed by atoms with van der Waals surface area (Å²) in [6.07, 6.45) is 1.60. The number of carbonyl (C=O) groups excluding carboxylic acids is 1. The molecule has 0 aliphatic rings. The van der Waals surface area contributed by atoms with Crippen molar-refractivity contribution in [3.8, 4) is 11.4 Å². The number of rotatable bonds is 5. The molecule has 2 N–H and O–H groups in total. The van der Waals surface area contributed by atoms with Crippen LogP contribution >= 0.6 is 0 Å². The van der Waals surface area contributed by atoms with E-state index in [2.05, 4.69) is 20.6 Å². The maximum Gasteiger partial charge on any atom is 0.255 e. The fourth-order valence-electron chi connectivity index (χ4n) is 2.99. The minimum atomic E-state index is -0.346. The summed E-state index contributed by atoms with van der Waals surface area (Å²) in [5, 5.41) is 6.10. The van der Waals surface area contributed by atoms with Gasteiger partial charge in [-0.15, -0.1) is 0 Å². The molecule has 0 unspecified atom stereocenters. The Balaban J connectivity index is 1.53. The van der Waals surface area contributed by atoms with Crippen LogP contribution in [0.15, 0.2) is 85.1 Å². The van der Waals surface area contributed by atoms with Gasteiger partial charge in [-0.3, -0.25) is 4.79 Å². The minimum Gasteiger partial charge on any atom is -0.340 e. The molecule has 6 heteroatoms. The van der Waals surface area contributed by atoms with Crippen molar-refractivity contribution in [2.75, 3.05) is 10.6 Å². The first-order valence-electron chi connectivity index (χ1n) is 9.41. The molecule has 1 heterocycles. The SMILES string of the molecule is Cc1ccccc1NC(=O)c1cccc(Nc2ccnc(-c3cccc(F)c3)n2)c1. The summed E-state index contributed by atoms with van der Waals surface area (Å²) < 4.78 is 13.5. The topological polar surface area (TPSA) is 66.9 Å². The van der Waals surface area contributed by atoms with E-state index in [0.29, 0.717) is 28.5 Å². The molecule has 0 atom stereocenters. The van der Waals surface area contributed by atoms with E-state index in [-0.39, 0.29) is 11.7 Å². The molecule has 0 saturated carbocycles. The van der Waals surface area contributed by atoms with E-state index in [1.807, 2.05) is 37.3 Å². The number of halogens is 1. The largest absolute Gasteiger partial charge is 0.340 e. The summed E-state index contributed by atoms with van der Waals surface area (Å²) >= 11 is 0. The van der Waals surface area contributed by atoms with Crippen molar-refractivity contribution in [2.45, 2.75) is 6.92 Å². The van der Waals surface area contributed by atoms with Crippen LogP contribution < -0.4 is 10.6 Å². The Bertz CT molecular complexity index is 1210. The number of hydrogen-bond acceptors (Lipinski definition) is 4. The van der Waals surface area contributed by atoms with Crippen molar-refractivity contribution in [1.82, 2.24) is 9.97 Å². The summed E-state index contributed by atoms with van der Waals surface area (Å²) in [7, 11) is 0. The quantitative estimate of drug-likeness (QED) is 0.460. The van der Waals surface area contributed by atoms with Crippen LogP contribution in [0, 0.1) is 12.7 Å². The first-order valence-corrected chi connectivity index (χ1v) is 9.41. The summed E-state index contributed by atoms with van der Waals surface area (Å²) in [6.45, 7) is 1.94. The summed E-state index contributed by atoms with van der Waals surface area (Å²) in [5.74, 6) is 0.409. The lowest BCUT2D eigenvalue weighted by atomic mass is 10.1. The molecule has 3 aromatic carbocycles. The lowest BCUT2D eigenvalue weighted by molar-refractivity contribution is 0.102. The van der Waals surface area contributed by atoms with Crippen LogP contribution in [0.25, 0.3) is 11.4 Å². The smallest absolute Gasteiger partial charge is 0.255 e. The van der Waals surface area contributed by atoms with Gasteiger partial charge in [-0.25, -0.2) is 14.4 Å². The third kappa shape index (κ3) is 4.50. The Morgan fingerprint density at radius 3 is 2.60 bits per heavy atom. The molecule has 1 amide bonds. The average Bonchev–Trinajstić information content (AvgIpc) is 2.76. The highest BCUT2D eigenvalue weighted by atomic mass is 19.1. The predicted molar refractivity (Wildman–Crippen MR) is 116 cm³/mol. The minimum absolute atomic E-state index is 0.198. The van der Waals surface area contributed by atoms with E-state index in [1.54, 1.807) is 42.6 Å². The number of nitrogens with one attached hydrogen (secondary N) is 2. The third-order valence-corrected chi connectivity index (χ3v) is 4.53. The number of amides is 1. The van der Waals surface area contributed by atoms with Crippen molar-refractivity contribution >= 4 is 23.1 Å². The van der Waals surface area contributed by atoms with Gasteiger partial charge in [0, 0.05) is 28.7 Å². The maximum absolute atomic E-state index is 13.5. The number of aryl methyl sites for hydroxylation is 1. The number of anilines is 3. The highest BCUT2D eigenvalue weighted by molar-refractivity contribution is 6.05. The second kappa shape index (κ2) is 8.53. The molecule has 0 saturated heterocycles. The molecule has 0 radical (unpaired) electrons. The molecule has 0 fully saturated rings. The van der Waals surface area contributed by atoms with Crippen molar-refractivity contribution in [3.05, 3.63) is 102 Å². The van der Waals surface area contributed by atoms with Crippen molar-refractivity contribution < 1.29 is 9.18 Å². The Kier molecular flexibility index (Phi) is 5.48. The zero-order valence-corrected chi connectivity index (χ0v) is 16.3. The molecule has 1 aromatic heterocycles. The first kappa shape index (κ1) is 19.3. The zero-order valence-electron chi connectivity index (χ0n) is 16.3. The second-order valence-corrected chi connectivity index (χ2v) is 6.75. The number of benzene rings is 3. The van der Waals surface area contributed by atoms with Gasteiger partial charge in [-0.2, -0.15) is 0 Å². The second-order valence-electron chi connectivity index (χ2n) is 6.75. The van der Waals surface area contributed by atoms with Gasteiger partial charge in [0.1, 0.15) is 11.6 Å². The van der Waals surface area contributed by atoms with Crippen LogP contribution in [0.3, 0.4) is 0 Å². The molecule has 148 valence electrons. The van der Waals surface area contributed by atoms with Crippen LogP contribution in [0.2, 0.25) is 0 Å². The number of hydrogen-bond donors (Lipinski definition) is 2. The Morgan fingerprint density at radius 1 is 0.933 bits per heavy atom. The Labute approximate surface area is 173 Å². The number of carbonyl (C=O) groups is 1. The van der Waals surface area contributed by atoms with Crippen LogP contribution in [0.5, 0.6) is 0 Å². The zero-order chi connectivity index (χ0) is 20.9. The monoisotopic (exact) mass is 398 g/mol. The molecule has 5 nitrogen and oxygen atoms in total. The molecule has 30 heavy (non-hydrogen) atoms. The van der Waals surface area contributed by atoms with Gasteiger partial charge in [0.2, 0.25) is 0 Å². The summed E-state index contributed by atoms with van der Waals surface area (Å²) in [5.41, 5.74) is 3.58. The lowest BCUT2D eigenvalue weighted by Crippen LogP contribution is -2.12. The van der Waals surface area contributed by atoms with E-state index in [1.165, 1.54) is 12.1 Å². The van der Waals surface area contributed by atoms with Crippen molar-refractivity contribution in [2.24, 2.45) is 0 Å².